The smallest absolute Gasteiger partial charge is 0.119 e. The molecule has 1 aromatic carbocycles. The van der Waals surface area contributed by atoms with Crippen molar-refractivity contribution in [1.82, 2.24) is 0 Å². The number of methoxy groups -OCH3 is 1. The van der Waals surface area contributed by atoms with Gasteiger partial charge in [0.25, 0.3) is 0 Å². The molecule has 0 saturated heterocycles. The van der Waals surface area contributed by atoms with Gasteiger partial charge in [0.05, 0.1) is 6.61 Å². The Hall–Kier alpha value is -0.540. The normalized spacial score (nSPS) is 24.2. The van der Waals surface area contributed by atoms with E-state index < -0.39 is 0 Å². The van der Waals surface area contributed by atoms with Crippen molar-refractivity contribution in [3.63, 3.8) is 0 Å². The Labute approximate surface area is 131 Å². The van der Waals surface area contributed by atoms with Gasteiger partial charge in [-0.05, 0) is 43.4 Å². The van der Waals surface area contributed by atoms with Crippen LogP contribution in [0.3, 0.4) is 0 Å². The van der Waals surface area contributed by atoms with Gasteiger partial charge in [0.2, 0.25) is 0 Å². The molecule has 0 bridgehead atoms. The maximum atomic E-state index is 6.22. The van der Waals surface area contributed by atoms with Gasteiger partial charge in [-0.15, -0.1) is 0 Å². The molecule has 0 spiro atoms. The zero-order chi connectivity index (χ0) is 14.6. The molecule has 112 valence electrons. The fourth-order valence-corrected chi connectivity index (χ4v) is 4.41. The average Bonchev–Trinajstić information content (AvgIpc) is 2.47. The Morgan fingerprint density at radius 3 is 2.35 bits per heavy atom. The van der Waals surface area contributed by atoms with Crippen LogP contribution in [0, 0.1) is 5.41 Å². The Morgan fingerprint density at radius 1 is 1.20 bits per heavy atom. The Balaban J connectivity index is 1.97. The van der Waals surface area contributed by atoms with E-state index in [1.54, 1.807) is 7.11 Å². The number of ether oxygens (including phenoxy) is 2. The van der Waals surface area contributed by atoms with Crippen LogP contribution in [0.25, 0.3) is 0 Å². The molecule has 0 radical (unpaired) electrons. The van der Waals surface area contributed by atoms with E-state index in [4.69, 9.17) is 9.47 Å². The van der Waals surface area contributed by atoms with Crippen LogP contribution in [0.2, 0.25) is 0 Å². The topological polar surface area (TPSA) is 18.5 Å². The quantitative estimate of drug-likeness (QED) is 0.675. The molecule has 2 atom stereocenters. The maximum Gasteiger partial charge on any atom is 0.119 e. The van der Waals surface area contributed by atoms with Crippen molar-refractivity contribution in [2.24, 2.45) is 5.41 Å². The van der Waals surface area contributed by atoms with Crippen LogP contribution in [0.15, 0.2) is 24.3 Å². The van der Waals surface area contributed by atoms with Crippen molar-refractivity contribution in [3.8, 4) is 5.75 Å². The fourth-order valence-electron chi connectivity index (χ4n) is 3.13. The second-order valence-corrected chi connectivity index (χ2v) is 6.74. The number of hydrogen-bond acceptors (Lipinski definition) is 2. The molecule has 1 saturated carbocycles. The van der Waals surface area contributed by atoms with Crippen LogP contribution in [-0.2, 0) is 11.2 Å². The van der Waals surface area contributed by atoms with Crippen molar-refractivity contribution < 1.29 is 9.47 Å². The molecule has 1 aliphatic carbocycles. The Morgan fingerprint density at radius 2 is 1.85 bits per heavy atom. The van der Waals surface area contributed by atoms with Crippen LogP contribution in [0.4, 0.5) is 0 Å². The summed E-state index contributed by atoms with van der Waals surface area (Å²) in [7, 11) is 1.74. The van der Waals surface area contributed by atoms with Crippen molar-refractivity contribution in [2.75, 3.05) is 13.7 Å². The molecular weight excluding hydrogens is 316 g/mol. The molecule has 0 aromatic heterocycles. The largest absolute Gasteiger partial charge is 0.490 e. The molecule has 20 heavy (non-hydrogen) atoms. The fraction of sp³-hybridized carbons (Fsp3) is 0.647. The van der Waals surface area contributed by atoms with Gasteiger partial charge in [0, 0.05) is 17.4 Å². The summed E-state index contributed by atoms with van der Waals surface area (Å²) in [6.07, 6.45) is 4.73. The third-order valence-electron chi connectivity index (χ3n) is 4.80. The second-order valence-electron chi connectivity index (χ2n) is 5.64. The third kappa shape index (κ3) is 3.04. The summed E-state index contributed by atoms with van der Waals surface area (Å²) in [6.45, 7) is 5.30. The molecule has 1 aromatic rings. The molecule has 0 amide bonds. The van der Waals surface area contributed by atoms with E-state index in [0.717, 1.165) is 38.0 Å². The van der Waals surface area contributed by atoms with E-state index in [9.17, 15) is 0 Å². The summed E-state index contributed by atoms with van der Waals surface area (Å²) in [5.74, 6) is 0.988. The second kappa shape index (κ2) is 6.95. The van der Waals surface area contributed by atoms with Gasteiger partial charge in [-0.2, -0.15) is 0 Å². The van der Waals surface area contributed by atoms with Crippen LogP contribution in [0.5, 0.6) is 5.75 Å². The summed E-state index contributed by atoms with van der Waals surface area (Å²) in [5.41, 5.74) is 1.60. The molecule has 2 unspecified atom stereocenters. The van der Waals surface area contributed by atoms with E-state index in [-0.39, 0.29) is 0 Å². The van der Waals surface area contributed by atoms with Crippen LogP contribution < -0.4 is 4.74 Å². The van der Waals surface area contributed by atoms with E-state index in [1.807, 2.05) is 0 Å². The third-order valence-corrected chi connectivity index (χ3v) is 6.08. The molecule has 2 rings (SSSR count). The van der Waals surface area contributed by atoms with E-state index in [0.29, 0.717) is 16.3 Å². The van der Waals surface area contributed by atoms with Gasteiger partial charge in [-0.3, -0.25) is 0 Å². The molecule has 3 heteroatoms. The first kappa shape index (κ1) is 15.8. The van der Waals surface area contributed by atoms with Gasteiger partial charge in [0.15, 0.2) is 0 Å². The predicted molar refractivity (Wildman–Crippen MR) is 86.8 cm³/mol. The minimum Gasteiger partial charge on any atom is -0.490 e. The highest BCUT2D eigenvalue weighted by Gasteiger charge is 2.53. The van der Waals surface area contributed by atoms with Crippen molar-refractivity contribution >= 4 is 15.9 Å². The number of rotatable bonds is 7. The van der Waals surface area contributed by atoms with Crippen LogP contribution in [-0.4, -0.2) is 24.6 Å². The summed E-state index contributed by atoms with van der Waals surface area (Å²) in [4.78, 5) is 0.593. The number of alkyl halides is 1. The minimum atomic E-state index is 0.300. The lowest BCUT2D eigenvalue weighted by Crippen LogP contribution is -2.56. The molecule has 0 heterocycles. The van der Waals surface area contributed by atoms with E-state index in [2.05, 4.69) is 54.0 Å². The standard InChI is InChI=1S/C17H25BrO2/c1-4-17(5-2)15(18)12-16(17)20-14-8-6-13(7-9-14)10-11-19-3/h6-9,15-16H,4-5,10-12H2,1-3H3. The lowest BCUT2D eigenvalue weighted by molar-refractivity contribution is -0.0411. The highest BCUT2D eigenvalue weighted by Crippen LogP contribution is 2.52. The molecule has 0 aliphatic heterocycles. The monoisotopic (exact) mass is 340 g/mol. The number of benzene rings is 1. The predicted octanol–water partition coefficient (Wildman–Crippen LogP) is 4.60. The molecule has 1 aliphatic rings. The van der Waals surface area contributed by atoms with Crippen molar-refractivity contribution in [2.45, 2.75) is 50.5 Å². The number of hydrogen-bond donors (Lipinski definition) is 0. The highest BCUT2D eigenvalue weighted by atomic mass is 79.9. The van der Waals surface area contributed by atoms with Gasteiger partial charge in [-0.1, -0.05) is 41.9 Å². The van der Waals surface area contributed by atoms with Gasteiger partial charge in [-0.25, -0.2) is 0 Å². The molecule has 1 fully saturated rings. The van der Waals surface area contributed by atoms with E-state index in [1.165, 1.54) is 5.56 Å². The molecule has 0 N–H and O–H groups in total. The summed E-state index contributed by atoms with van der Waals surface area (Å²) >= 11 is 3.80. The minimum absolute atomic E-state index is 0.300. The first-order valence-electron chi connectivity index (χ1n) is 7.55. The van der Waals surface area contributed by atoms with Gasteiger partial charge in [0.1, 0.15) is 11.9 Å². The highest BCUT2D eigenvalue weighted by molar-refractivity contribution is 9.09. The van der Waals surface area contributed by atoms with Crippen molar-refractivity contribution in [3.05, 3.63) is 29.8 Å². The maximum absolute atomic E-state index is 6.22. The van der Waals surface area contributed by atoms with Crippen molar-refractivity contribution in [1.29, 1.82) is 0 Å². The first-order valence-corrected chi connectivity index (χ1v) is 8.46. The van der Waals surface area contributed by atoms with Gasteiger partial charge < -0.3 is 9.47 Å². The lowest BCUT2D eigenvalue weighted by atomic mass is 9.62. The lowest BCUT2D eigenvalue weighted by Gasteiger charge is -2.52. The molecule has 2 nitrogen and oxygen atoms in total. The zero-order valence-electron chi connectivity index (χ0n) is 12.7. The SMILES string of the molecule is CCC1(CC)C(Br)CC1Oc1ccc(CCOC)cc1. The Kier molecular flexibility index (Phi) is 5.50. The summed E-state index contributed by atoms with van der Waals surface area (Å²) in [6, 6.07) is 8.45. The van der Waals surface area contributed by atoms with Gasteiger partial charge >= 0.3 is 0 Å². The average molecular weight is 341 g/mol. The Bertz CT molecular complexity index is 412. The van der Waals surface area contributed by atoms with Crippen LogP contribution in [0.1, 0.15) is 38.7 Å². The first-order chi connectivity index (χ1) is 9.66. The summed E-state index contributed by atoms with van der Waals surface area (Å²) in [5, 5.41) is 0. The number of halogens is 1. The van der Waals surface area contributed by atoms with Crippen LogP contribution >= 0.6 is 15.9 Å². The van der Waals surface area contributed by atoms with E-state index >= 15 is 0 Å². The summed E-state index contributed by atoms with van der Waals surface area (Å²) < 4.78 is 11.3. The molecular formula is C17H25BrO2. The zero-order valence-corrected chi connectivity index (χ0v) is 14.3.